The number of nitrogens with one attached hydrogen (secondary N) is 1. The van der Waals surface area contributed by atoms with Gasteiger partial charge in [-0.15, -0.1) is 0 Å². The molecule has 2 aliphatic rings. The molecular formula is C37H57NO15. The van der Waals surface area contributed by atoms with Crippen LogP contribution in [-0.2, 0) is 25.4 Å². The average molecular weight is 756 g/mol. The lowest BCUT2D eigenvalue weighted by atomic mass is 9.94. The van der Waals surface area contributed by atoms with E-state index in [2.05, 4.69) is 4.98 Å². The Morgan fingerprint density at radius 1 is 0.868 bits per heavy atom. The summed E-state index contributed by atoms with van der Waals surface area (Å²) in [6.45, 7) is 7.78. The van der Waals surface area contributed by atoms with Crippen molar-refractivity contribution in [1.29, 1.82) is 0 Å². The second-order valence-electron chi connectivity index (χ2n) is 13.5. The molecule has 12 atom stereocenters. The predicted octanol–water partition coefficient (Wildman–Crippen LogP) is -0.334. The van der Waals surface area contributed by atoms with E-state index < -0.39 is 80.7 Å². The number of aliphatic hydroxyl groups excluding tert-OH is 8. The largest absolute Gasteiger partial charge is 0.488 e. The number of hydrogen-bond acceptors (Lipinski definition) is 15. The number of ether oxygens (including phenoxy) is 6. The van der Waals surface area contributed by atoms with Crippen LogP contribution in [0.2, 0.25) is 0 Å². The lowest BCUT2D eigenvalue weighted by Crippen LogP contribution is -2.62. The molecule has 2 saturated heterocycles. The van der Waals surface area contributed by atoms with E-state index in [9.17, 15) is 45.6 Å². The summed E-state index contributed by atoms with van der Waals surface area (Å²) in [5.41, 5.74) is 3.60. The molecule has 1 aromatic heterocycles. The van der Waals surface area contributed by atoms with Crippen LogP contribution in [0.4, 0.5) is 0 Å². The zero-order chi connectivity index (χ0) is 39.6. The molecule has 0 aromatic carbocycles. The Balaban J connectivity index is 1.69. The van der Waals surface area contributed by atoms with E-state index in [1.54, 1.807) is 19.9 Å². The molecule has 2 aliphatic heterocycles. The molecule has 2 fully saturated rings. The predicted molar refractivity (Wildman–Crippen MR) is 191 cm³/mol. The number of allylic oxidation sites excluding steroid dienone is 5. The van der Waals surface area contributed by atoms with E-state index in [0.29, 0.717) is 24.0 Å². The first kappa shape index (κ1) is 44.4. The van der Waals surface area contributed by atoms with E-state index in [-0.39, 0.29) is 29.6 Å². The van der Waals surface area contributed by atoms with Gasteiger partial charge in [0.15, 0.2) is 12.6 Å². The average Bonchev–Trinajstić information content (AvgIpc) is 3.13. The number of methoxy groups -OCH3 is 2. The molecule has 16 nitrogen and oxygen atoms in total. The van der Waals surface area contributed by atoms with Crippen molar-refractivity contribution in [2.24, 2.45) is 5.92 Å². The lowest BCUT2D eigenvalue weighted by molar-refractivity contribution is -0.335. The Hall–Kier alpha value is -2.97. The summed E-state index contributed by atoms with van der Waals surface area (Å²) < 4.78 is 33.3. The monoisotopic (exact) mass is 755 g/mol. The number of aromatic nitrogens is 1. The van der Waals surface area contributed by atoms with Crippen molar-refractivity contribution in [2.75, 3.05) is 34.0 Å². The fraction of sp³-hybridized carbons (Fsp3) is 0.649. The molecule has 1 aromatic rings. The highest BCUT2D eigenvalue weighted by Crippen LogP contribution is 2.30. The van der Waals surface area contributed by atoms with Crippen LogP contribution in [0.3, 0.4) is 0 Å². The molecule has 3 heterocycles. The van der Waals surface area contributed by atoms with E-state index in [1.165, 1.54) is 14.2 Å². The van der Waals surface area contributed by atoms with Gasteiger partial charge in [0.25, 0.3) is 0 Å². The SMILES string of the molecule is COc1[nH]c(C/C=C(\C)C/C=C/C(C)=C/[C@@H](C)[C@@H](O[C@@H]2O[C@H](CO[C@H]3O[C@H](CO)[C@H](O)[C@H](O)[C@H]3O)[C@@H](O)[C@H](O)[C@H]2O)/C(C)=C/CO)c(C)c(=O)c1OC. The second kappa shape index (κ2) is 20.6. The van der Waals surface area contributed by atoms with Gasteiger partial charge >= 0.3 is 0 Å². The van der Waals surface area contributed by atoms with E-state index in [1.807, 2.05) is 45.1 Å². The zero-order valence-electron chi connectivity index (χ0n) is 31.3. The summed E-state index contributed by atoms with van der Waals surface area (Å²) in [5.74, 6) is 0.0585. The number of H-pyrrole nitrogens is 1. The van der Waals surface area contributed by atoms with E-state index in [0.717, 1.165) is 16.8 Å². The fourth-order valence-electron chi connectivity index (χ4n) is 6.19. The second-order valence-corrected chi connectivity index (χ2v) is 13.5. The maximum atomic E-state index is 12.6. The van der Waals surface area contributed by atoms with Crippen LogP contribution >= 0.6 is 0 Å². The van der Waals surface area contributed by atoms with Crippen LogP contribution in [0.1, 0.15) is 45.4 Å². The number of pyridine rings is 1. The minimum Gasteiger partial charge on any atom is -0.488 e. The van der Waals surface area contributed by atoms with Gasteiger partial charge in [0, 0.05) is 23.6 Å². The maximum absolute atomic E-state index is 12.6. The van der Waals surface area contributed by atoms with Crippen LogP contribution in [-0.4, -0.2) is 147 Å². The van der Waals surface area contributed by atoms with Crippen molar-refractivity contribution < 1.29 is 69.3 Å². The van der Waals surface area contributed by atoms with Crippen molar-refractivity contribution in [1.82, 2.24) is 4.98 Å². The van der Waals surface area contributed by atoms with E-state index in [4.69, 9.17) is 28.4 Å². The van der Waals surface area contributed by atoms with Crippen molar-refractivity contribution in [3.05, 3.63) is 68.6 Å². The van der Waals surface area contributed by atoms with Gasteiger partial charge in [0.1, 0.15) is 48.8 Å². The van der Waals surface area contributed by atoms with Crippen LogP contribution in [0.25, 0.3) is 0 Å². The summed E-state index contributed by atoms with van der Waals surface area (Å²) in [7, 11) is 2.88. The highest BCUT2D eigenvalue weighted by atomic mass is 16.7. The van der Waals surface area contributed by atoms with Gasteiger partial charge in [-0.3, -0.25) is 4.79 Å². The third-order valence-electron chi connectivity index (χ3n) is 9.44. The van der Waals surface area contributed by atoms with Crippen LogP contribution in [0.15, 0.2) is 51.9 Å². The van der Waals surface area contributed by atoms with Gasteiger partial charge in [-0.1, -0.05) is 48.5 Å². The minimum atomic E-state index is -1.72. The molecule has 0 amide bonds. The summed E-state index contributed by atoms with van der Waals surface area (Å²) >= 11 is 0. The van der Waals surface area contributed by atoms with Gasteiger partial charge in [-0.25, -0.2) is 0 Å². The van der Waals surface area contributed by atoms with Gasteiger partial charge < -0.3 is 74.3 Å². The topological polar surface area (TPSA) is 250 Å². The quantitative estimate of drug-likeness (QED) is 0.0729. The Morgan fingerprint density at radius 2 is 1.49 bits per heavy atom. The molecule has 0 bridgehead atoms. The third kappa shape index (κ3) is 11.3. The standard InChI is InChI=1S/C37H57NO15/c1-18(11-12-23-22(5)26(41)34(48-6)35(38-23)49-7)9-8-10-19(2)15-21(4)33(20(3)13-14-39)53-37-32(47)30(45)28(43)25(52-37)17-50-36-31(46)29(44)27(42)24(16-40)51-36/h8,10-11,13,15,21,24-25,27-33,36-37,39-40,42-47H,9,12,14,16-17H2,1-7H3,(H,38,41)/b10-8+,18-11+,19-15+,20-13+/t21-,24-,25-,27+,28-,29+,30+,31-,32-,33+,36+,37+/m1/s1. The molecule has 0 saturated carbocycles. The summed E-state index contributed by atoms with van der Waals surface area (Å²) in [6.07, 6.45) is -5.71. The zero-order valence-corrected chi connectivity index (χ0v) is 31.3. The van der Waals surface area contributed by atoms with Crippen LogP contribution < -0.4 is 14.9 Å². The van der Waals surface area contributed by atoms with Crippen molar-refractivity contribution in [2.45, 2.75) is 115 Å². The maximum Gasteiger partial charge on any atom is 0.238 e. The van der Waals surface area contributed by atoms with Gasteiger partial charge in [-0.05, 0) is 39.7 Å². The normalized spacial score (nSPS) is 31.5. The Morgan fingerprint density at radius 3 is 2.09 bits per heavy atom. The Labute approximate surface area is 309 Å². The molecule has 0 spiro atoms. The Bertz CT molecular complexity index is 1500. The molecule has 3 rings (SSSR count). The fourth-order valence-corrected chi connectivity index (χ4v) is 6.19. The van der Waals surface area contributed by atoms with Crippen LogP contribution in [0, 0.1) is 12.8 Å². The summed E-state index contributed by atoms with van der Waals surface area (Å²) in [6, 6.07) is 0. The first-order valence-corrected chi connectivity index (χ1v) is 17.5. The molecule has 0 aliphatic carbocycles. The number of aliphatic hydroxyl groups is 8. The molecule has 0 radical (unpaired) electrons. The van der Waals surface area contributed by atoms with Gasteiger partial charge in [0.2, 0.25) is 17.1 Å². The molecular weight excluding hydrogens is 698 g/mol. The van der Waals surface area contributed by atoms with Crippen molar-refractivity contribution in [3.8, 4) is 11.6 Å². The number of hydrogen-bond donors (Lipinski definition) is 9. The Kier molecular flexibility index (Phi) is 17.3. The molecule has 0 unspecified atom stereocenters. The molecule has 300 valence electrons. The lowest BCUT2D eigenvalue weighted by Gasteiger charge is -2.43. The van der Waals surface area contributed by atoms with Gasteiger partial charge in [-0.2, -0.15) is 0 Å². The van der Waals surface area contributed by atoms with E-state index >= 15 is 0 Å². The van der Waals surface area contributed by atoms with Crippen LogP contribution in [0.5, 0.6) is 11.6 Å². The van der Waals surface area contributed by atoms with Gasteiger partial charge in [0.05, 0.1) is 40.1 Å². The molecule has 9 N–H and O–H groups in total. The molecule has 16 heteroatoms. The third-order valence-corrected chi connectivity index (χ3v) is 9.44. The first-order valence-electron chi connectivity index (χ1n) is 17.5. The highest BCUT2D eigenvalue weighted by Gasteiger charge is 2.48. The highest BCUT2D eigenvalue weighted by molar-refractivity contribution is 5.40. The first-order chi connectivity index (χ1) is 25.1. The smallest absolute Gasteiger partial charge is 0.238 e. The van der Waals surface area contributed by atoms with Crippen molar-refractivity contribution >= 4 is 0 Å². The summed E-state index contributed by atoms with van der Waals surface area (Å²) in [4.78, 5) is 15.8. The minimum absolute atomic E-state index is 0.131. The molecule has 53 heavy (non-hydrogen) atoms. The summed E-state index contributed by atoms with van der Waals surface area (Å²) in [5, 5.41) is 81.6. The van der Waals surface area contributed by atoms with Crippen molar-refractivity contribution in [3.63, 3.8) is 0 Å². The number of rotatable bonds is 17. The number of aromatic amines is 1.